The van der Waals surface area contributed by atoms with E-state index in [1.54, 1.807) is 6.20 Å². The third kappa shape index (κ3) is 4.32. The lowest BCUT2D eigenvalue weighted by atomic mass is 10.1. The number of benzene rings is 2. The van der Waals surface area contributed by atoms with Gasteiger partial charge in [0.25, 0.3) is 0 Å². The van der Waals surface area contributed by atoms with Gasteiger partial charge < -0.3 is 5.32 Å². The molecule has 0 bridgehead atoms. The second kappa shape index (κ2) is 7.89. The van der Waals surface area contributed by atoms with Crippen molar-refractivity contribution in [1.29, 1.82) is 0 Å². The van der Waals surface area contributed by atoms with Gasteiger partial charge in [-0.3, -0.25) is 9.36 Å². The Balaban J connectivity index is 1.68. The lowest BCUT2D eigenvalue weighted by Gasteiger charge is -2.10. The number of anilines is 1. The summed E-state index contributed by atoms with van der Waals surface area (Å²) < 4.78 is 2.87. The molecule has 0 radical (unpaired) electrons. The zero-order chi connectivity index (χ0) is 17.8. The normalized spacial score (nSPS) is 10.7. The van der Waals surface area contributed by atoms with Crippen molar-refractivity contribution in [3.8, 4) is 5.69 Å². The molecule has 4 nitrogen and oxygen atoms in total. The summed E-state index contributed by atoms with van der Waals surface area (Å²) in [7, 11) is 0. The number of nitrogens with zero attached hydrogens (tertiary/aromatic N) is 2. The van der Waals surface area contributed by atoms with Gasteiger partial charge in [0.1, 0.15) is 0 Å². The molecule has 0 fully saturated rings. The first-order chi connectivity index (χ1) is 12.0. The van der Waals surface area contributed by atoms with Crippen LogP contribution in [0.15, 0.2) is 64.5 Å². The Bertz CT molecular complexity index is 907. The van der Waals surface area contributed by atoms with Crippen LogP contribution in [-0.2, 0) is 4.79 Å². The van der Waals surface area contributed by atoms with Crippen LogP contribution in [0, 0.1) is 13.8 Å². The highest BCUT2D eigenvalue weighted by molar-refractivity contribution is 9.10. The van der Waals surface area contributed by atoms with E-state index in [4.69, 9.17) is 0 Å². The van der Waals surface area contributed by atoms with Gasteiger partial charge >= 0.3 is 0 Å². The summed E-state index contributed by atoms with van der Waals surface area (Å²) in [6, 6.07) is 13.9. The van der Waals surface area contributed by atoms with Gasteiger partial charge in [0.15, 0.2) is 5.16 Å². The fourth-order valence-electron chi connectivity index (χ4n) is 2.35. The van der Waals surface area contributed by atoms with Crippen molar-refractivity contribution in [2.45, 2.75) is 19.0 Å². The molecule has 6 heteroatoms. The number of thioether (sulfide) groups is 1. The van der Waals surface area contributed by atoms with E-state index < -0.39 is 0 Å². The average Bonchev–Trinajstić information content (AvgIpc) is 3.06. The molecule has 1 aromatic heterocycles. The van der Waals surface area contributed by atoms with E-state index >= 15 is 0 Å². The molecule has 1 amide bonds. The van der Waals surface area contributed by atoms with Crippen molar-refractivity contribution in [2.24, 2.45) is 0 Å². The van der Waals surface area contributed by atoms with Crippen molar-refractivity contribution < 1.29 is 4.79 Å². The monoisotopic (exact) mass is 415 g/mol. The highest BCUT2D eigenvalue weighted by Gasteiger charge is 2.11. The molecule has 0 unspecified atom stereocenters. The number of carbonyl (C=O) groups excluding carboxylic acids is 1. The molecule has 0 aliphatic heterocycles. The van der Waals surface area contributed by atoms with Gasteiger partial charge in [0.05, 0.1) is 11.4 Å². The number of rotatable bonds is 5. The molecule has 128 valence electrons. The molecular weight excluding hydrogens is 398 g/mol. The lowest BCUT2D eigenvalue weighted by molar-refractivity contribution is -0.113. The van der Waals surface area contributed by atoms with Crippen LogP contribution < -0.4 is 5.32 Å². The number of para-hydroxylation sites is 1. The second-order valence-electron chi connectivity index (χ2n) is 5.67. The van der Waals surface area contributed by atoms with Crippen LogP contribution >= 0.6 is 27.7 Å². The minimum Gasteiger partial charge on any atom is -0.324 e. The summed E-state index contributed by atoms with van der Waals surface area (Å²) in [4.78, 5) is 16.6. The predicted molar refractivity (Wildman–Crippen MR) is 107 cm³/mol. The van der Waals surface area contributed by atoms with Gasteiger partial charge in [-0.05, 0) is 65.2 Å². The standard InChI is InChI=1S/C19H18BrN3OS/c1-13-7-8-15(11-14(13)2)23-10-9-21-19(23)25-12-18(24)22-17-6-4-3-5-16(17)20/h3-11H,12H2,1-2H3,(H,22,24). The van der Waals surface area contributed by atoms with Crippen LogP contribution in [0.5, 0.6) is 0 Å². The minimum atomic E-state index is -0.0634. The maximum atomic E-state index is 12.2. The molecule has 0 aliphatic carbocycles. The summed E-state index contributed by atoms with van der Waals surface area (Å²) in [5.41, 5.74) is 4.31. The maximum Gasteiger partial charge on any atom is 0.234 e. The van der Waals surface area contributed by atoms with E-state index in [9.17, 15) is 4.79 Å². The maximum absolute atomic E-state index is 12.2. The summed E-state index contributed by atoms with van der Waals surface area (Å²) in [6.45, 7) is 4.18. The topological polar surface area (TPSA) is 46.9 Å². The number of carbonyl (C=O) groups is 1. The van der Waals surface area contributed by atoms with Crippen LogP contribution in [0.4, 0.5) is 5.69 Å². The summed E-state index contributed by atoms with van der Waals surface area (Å²) in [5, 5.41) is 3.70. The van der Waals surface area contributed by atoms with Crippen LogP contribution in [-0.4, -0.2) is 21.2 Å². The van der Waals surface area contributed by atoms with Crippen molar-refractivity contribution in [3.63, 3.8) is 0 Å². The summed E-state index contributed by atoms with van der Waals surface area (Å²) in [5.74, 6) is 0.231. The molecule has 2 aromatic carbocycles. The first-order valence-corrected chi connectivity index (χ1v) is 9.60. The zero-order valence-electron chi connectivity index (χ0n) is 14.0. The Morgan fingerprint density at radius 3 is 2.76 bits per heavy atom. The number of imidazole rings is 1. The number of aromatic nitrogens is 2. The molecule has 0 atom stereocenters. The predicted octanol–water partition coefficient (Wildman–Crippen LogP) is 4.98. The fourth-order valence-corrected chi connectivity index (χ4v) is 3.50. The Morgan fingerprint density at radius 1 is 1.20 bits per heavy atom. The van der Waals surface area contributed by atoms with E-state index in [0.717, 1.165) is 21.0 Å². The first-order valence-electron chi connectivity index (χ1n) is 7.83. The first kappa shape index (κ1) is 17.8. The molecule has 3 rings (SSSR count). The number of amides is 1. The van der Waals surface area contributed by atoms with Crippen LogP contribution in [0.3, 0.4) is 0 Å². The smallest absolute Gasteiger partial charge is 0.234 e. The SMILES string of the molecule is Cc1ccc(-n2ccnc2SCC(=O)Nc2ccccc2Br)cc1C. The molecule has 3 aromatic rings. The van der Waals surface area contributed by atoms with Gasteiger partial charge in [0, 0.05) is 22.6 Å². The number of hydrogen-bond acceptors (Lipinski definition) is 3. The number of halogens is 1. The lowest BCUT2D eigenvalue weighted by Crippen LogP contribution is -2.14. The van der Waals surface area contributed by atoms with E-state index in [-0.39, 0.29) is 5.91 Å². The molecule has 0 aliphatic rings. The second-order valence-corrected chi connectivity index (χ2v) is 7.46. The van der Waals surface area contributed by atoms with Gasteiger partial charge in [-0.15, -0.1) is 0 Å². The molecular formula is C19H18BrN3OS. The van der Waals surface area contributed by atoms with Crippen molar-refractivity contribution >= 4 is 39.3 Å². The summed E-state index contributed by atoms with van der Waals surface area (Å²) >= 11 is 4.85. The number of aryl methyl sites for hydroxylation is 2. The van der Waals surface area contributed by atoms with Gasteiger partial charge in [0.2, 0.25) is 5.91 Å². The van der Waals surface area contributed by atoms with E-state index in [1.165, 1.54) is 22.9 Å². The van der Waals surface area contributed by atoms with Gasteiger partial charge in [-0.1, -0.05) is 30.0 Å². The Morgan fingerprint density at radius 2 is 2.00 bits per heavy atom. The van der Waals surface area contributed by atoms with Crippen molar-refractivity contribution in [2.75, 3.05) is 11.1 Å². The van der Waals surface area contributed by atoms with Gasteiger partial charge in [-0.25, -0.2) is 4.98 Å². The Labute approximate surface area is 159 Å². The minimum absolute atomic E-state index is 0.0634. The third-order valence-corrected chi connectivity index (χ3v) is 5.51. The molecule has 25 heavy (non-hydrogen) atoms. The van der Waals surface area contributed by atoms with Gasteiger partial charge in [-0.2, -0.15) is 0 Å². The Kier molecular flexibility index (Phi) is 5.60. The molecule has 1 heterocycles. The number of nitrogens with one attached hydrogen (secondary N) is 1. The van der Waals surface area contributed by atoms with Crippen LogP contribution in [0.2, 0.25) is 0 Å². The quantitative estimate of drug-likeness (QED) is 0.597. The molecule has 0 spiro atoms. The van der Waals surface area contributed by atoms with E-state index in [2.05, 4.69) is 58.3 Å². The fraction of sp³-hybridized carbons (Fsp3) is 0.158. The molecule has 0 saturated heterocycles. The Hall–Kier alpha value is -2.05. The molecule has 1 N–H and O–H groups in total. The number of hydrogen-bond donors (Lipinski definition) is 1. The third-order valence-electron chi connectivity index (χ3n) is 3.86. The highest BCUT2D eigenvalue weighted by atomic mass is 79.9. The molecule has 0 saturated carbocycles. The zero-order valence-corrected chi connectivity index (χ0v) is 16.4. The van der Waals surface area contributed by atoms with Crippen molar-refractivity contribution in [3.05, 3.63) is 70.5 Å². The van der Waals surface area contributed by atoms with E-state index in [0.29, 0.717) is 5.75 Å². The summed E-state index contributed by atoms with van der Waals surface area (Å²) in [6.07, 6.45) is 3.67. The largest absolute Gasteiger partial charge is 0.324 e. The van der Waals surface area contributed by atoms with E-state index in [1.807, 2.05) is 35.0 Å². The average molecular weight is 416 g/mol. The van der Waals surface area contributed by atoms with Crippen molar-refractivity contribution in [1.82, 2.24) is 9.55 Å². The highest BCUT2D eigenvalue weighted by Crippen LogP contribution is 2.24. The van der Waals surface area contributed by atoms with Crippen LogP contribution in [0.25, 0.3) is 5.69 Å². The van der Waals surface area contributed by atoms with Crippen LogP contribution in [0.1, 0.15) is 11.1 Å².